The van der Waals surface area contributed by atoms with Crippen LogP contribution in [0.1, 0.15) is 5.56 Å². The van der Waals surface area contributed by atoms with Crippen LogP contribution in [0.5, 0.6) is 0 Å². The van der Waals surface area contributed by atoms with Crippen LogP contribution in [0.2, 0.25) is 0 Å². The molecule has 1 amide bonds. The van der Waals surface area contributed by atoms with Gasteiger partial charge < -0.3 is 10.1 Å². The lowest BCUT2D eigenvalue weighted by molar-refractivity contribution is 0.143. The number of hydrogen-bond acceptors (Lipinski definition) is 3. The third-order valence-corrected chi connectivity index (χ3v) is 4.57. The molecule has 1 N–H and O–H groups in total. The Morgan fingerprint density at radius 2 is 1.67 bits per heavy atom. The Morgan fingerprint density at radius 1 is 1.00 bits per heavy atom. The fraction of sp³-hybridized carbons (Fsp3) is 0.235. The van der Waals surface area contributed by atoms with E-state index in [0.717, 1.165) is 12.2 Å². The predicted molar refractivity (Wildman–Crippen MR) is 84.5 cm³/mol. The first-order valence-electron chi connectivity index (χ1n) is 7.00. The average molecular weight is 299 g/mol. The van der Waals surface area contributed by atoms with Crippen LogP contribution in [0.4, 0.5) is 4.79 Å². The van der Waals surface area contributed by atoms with Gasteiger partial charge in [0.25, 0.3) is 0 Å². The van der Waals surface area contributed by atoms with Crippen molar-refractivity contribution in [3.63, 3.8) is 0 Å². The number of benzene rings is 2. The Bertz CT molecular complexity index is 588. The maximum absolute atomic E-state index is 11.5. The summed E-state index contributed by atoms with van der Waals surface area (Å²) in [6.45, 7) is 0. The minimum Gasteiger partial charge on any atom is -0.443 e. The highest BCUT2D eigenvalue weighted by molar-refractivity contribution is 7.99. The van der Waals surface area contributed by atoms with E-state index in [0.29, 0.717) is 0 Å². The Morgan fingerprint density at radius 3 is 2.38 bits per heavy atom. The van der Waals surface area contributed by atoms with Crippen molar-refractivity contribution in [2.75, 3.05) is 5.75 Å². The molecule has 2 aromatic carbocycles. The van der Waals surface area contributed by atoms with Gasteiger partial charge in [-0.05, 0) is 24.1 Å². The summed E-state index contributed by atoms with van der Waals surface area (Å²) in [6, 6.07) is 20.4. The van der Waals surface area contributed by atoms with Gasteiger partial charge in [-0.15, -0.1) is 11.8 Å². The summed E-state index contributed by atoms with van der Waals surface area (Å²) in [7, 11) is 0. The lowest BCUT2D eigenvalue weighted by Gasteiger charge is -2.16. The van der Waals surface area contributed by atoms with Gasteiger partial charge in [-0.3, -0.25) is 0 Å². The molecule has 3 rings (SSSR count). The number of thioether (sulfide) groups is 1. The first kappa shape index (κ1) is 14.0. The minimum absolute atomic E-state index is 0.0381. The number of nitrogens with one attached hydrogen (secondary N) is 1. The summed E-state index contributed by atoms with van der Waals surface area (Å²) in [5, 5.41) is 2.91. The van der Waals surface area contributed by atoms with Crippen LogP contribution < -0.4 is 5.32 Å². The van der Waals surface area contributed by atoms with Crippen molar-refractivity contribution in [2.24, 2.45) is 0 Å². The second-order valence-electron chi connectivity index (χ2n) is 5.01. The van der Waals surface area contributed by atoms with Crippen molar-refractivity contribution in [1.29, 1.82) is 0 Å². The number of carbonyl (C=O) groups excluding carboxylic acids is 1. The van der Waals surface area contributed by atoms with Gasteiger partial charge in [0.2, 0.25) is 0 Å². The average Bonchev–Trinajstić information content (AvgIpc) is 2.87. The number of rotatable bonds is 5. The van der Waals surface area contributed by atoms with Crippen LogP contribution in [0.25, 0.3) is 0 Å². The SMILES string of the molecule is O=C1N[C@@H](Cc2ccccc2)[C@H](CSc2ccccc2)O1. The molecule has 1 aliphatic rings. The summed E-state index contributed by atoms with van der Waals surface area (Å²) in [4.78, 5) is 12.7. The van der Waals surface area contributed by atoms with Gasteiger partial charge in [0.1, 0.15) is 6.10 Å². The van der Waals surface area contributed by atoms with Crippen molar-refractivity contribution < 1.29 is 9.53 Å². The van der Waals surface area contributed by atoms with E-state index in [1.54, 1.807) is 11.8 Å². The van der Waals surface area contributed by atoms with E-state index in [9.17, 15) is 4.79 Å². The van der Waals surface area contributed by atoms with Crippen LogP contribution in [0, 0.1) is 0 Å². The number of amides is 1. The maximum atomic E-state index is 11.5. The van der Waals surface area contributed by atoms with E-state index in [2.05, 4.69) is 29.6 Å². The number of hydrogen-bond donors (Lipinski definition) is 1. The van der Waals surface area contributed by atoms with Crippen molar-refractivity contribution in [2.45, 2.75) is 23.5 Å². The second-order valence-corrected chi connectivity index (χ2v) is 6.10. The van der Waals surface area contributed by atoms with Gasteiger partial charge in [-0.2, -0.15) is 0 Å². The molecule has 2 aromatic rings. The highest BCUT2D eigenvalue weighted by atomic mass is 32.2. The molecule has 0 radical (unpaired) electrons. The van der Waals surface area contributed by atoms with Gasteiger partial charge >= 0.3 is 6.09 Å². The van der Waals surface area contributed by atoms with Crippen LogP contribution in [0.15, 0.2) is 65.6 Å². The highest BCUT2D eigenvalue weighted by Crippen LogP contribution is 2.23. The normalized spacial score (nSPS) is 20.9. The molecule has 21 heavy (non-hydrogen) atoms. The summed E-state index contributed by atoms with van der Waals surface area (Å²) >= 11 is 1.72. The van der Waals surface area contributed by atoms with Gasteiger partial charge in [0.05, 0.1) is 6.04 Å². The van der Waals surface area contributed by atoms with E-state index in [-0.39, 0.29) is 18.2 Å². The standard InChI is InChI=1S/C17H17NO2S/c19-17-18-15(11-13-7-3-1-4-8-13)16(20-17)12-21-14-9-5-2-6-10-14/h1-10,15-16H,11-12H2,(H,18,19)/t15-,16-/m0/s1. The zero-order valence-corrected chi connectivity index (χ0v) is 12.4. The van der Waals surface area contributed by atoms with E-state index >= 15 is 0 Å². The predicted octanol–water partition coefficient (Wildman–Crippen LogP) is 3.50. The van der Waals surface area contributed by atoms with Gasteiger partial charge in [-0.1, -0.05) is 48.5 Å². The Hall–Kier alpha value is -1.94. The van der Waals surface area contributed by atoms with E-state index in [4.69, 9.17) is 4.74 Å². The lowest BCUT2D eigenvalue weighted by atomic mass is 10.0. The van der Waals surface area contributed by atoms with Crippen LogP contribution in [0.3, 0.4) is 0 Å². The number of cyclic esters (lactones) is 1. The zero-order chi connectivity index (χ0) is 14.5. The molecule has 108 valence electrons. The molecule has 3 nitrogen and oxygen atoms in total. The zero-order valence-electron chi connectivity index (χ0n) is 11.6. The molecule has 4 heteroatoms. The maximum Gasteiger partial charge on any atom is 0.407 e. The molecule has 0 bridgehead atoms. The second kappa shape index (κ2) is 6.68. The quantitative estimate of drug-likeness (QED) is 0.859. The van der Waals surface area contributed by atoms with Gasteiger partial charge in [-0.25, -0.2) is 4.79 Å². The molecule has 0 aliphatic carbocycles. The van der Waals surface area contributed by atoms with Crippen LogP contribution in [-0.2, 0) is 11.2 Å². The van der Waals surface area contributed by atoms with Crippen molar-refractivity contribution in [1.82, 2.24) is 5.32 Å². The number of carbonyl (C=O) groups is 1. The lowest BCUT2D eigenvalue weighted by Crippen LogP contribution is -2.34. The molecular weight excluding hydrogens is 282 g/mol. The van der Waals surface area contributed by atoms with E-state index in [1.807, 2.05) is 36.4 Å². The summed E-state index contributed by atoms with van der Waals surface area (Å²) in [5.41, 5.74) is 1.21. The van der Waals surface area contributed by atoms with Crippen molar-refractivity contribution in [3.8, 4) is 0 Å². The molecule has 1 saturated heterocycles. The van der Waals surface area contributed by atoms with E-state index in [1.165, 1.54) is 10.5 Å². The fourth-order valence-electron chi connectivity index (χ4n) is 2.39. The molecule has 1 aliphatic heterocycles. The smallest absolute Gasteiger partial charge is 0.407 e. The van der Waals surface area contributed by atoms with Crippen LogP contribution in [-0.4, -0.2) is 24.0 Å². The van der Waals surface area contributed by atoms with Gasteiger partial charge in [0, 0.05) is 10.6 Å². The van der Waals surface area contributed by atoms with Crippen molar-refractivity contribution in [3.05, 3.63) is 66.2 Å². The molecule has 0 saturated carbocycles. The molecule has 1 fully saturated rings. The molecule has 0 spiro atoms. The topological polar surface area (TPSA) is 38.3 Å². The van der Waals surface area contributed by atoms with Gasteiger partial charge in [0.15, 0.2) is 0 Å². The molecule has 2 atom stereocenters. The fourth-order valence-corrected chi connectivity index (χ4v) is 3.40. The third kappa shape index (κ3) is 3.79. The van der Waals surface area contributed by atoms with E-state index < -0.39 is 0 Å². The summed E-state index contributed by atoms with van der Waals surface area (Å²) < 4.78 is 5.40. The largest absolute Gasteiger partial charge is 0.443 e. The molecule has 0 unspecified atom stereocenters. The number of ether oxygens (including phenoxy) is 1. The monoisotopic (exact) mass is 299 g/mol. The van der Waals surface area contributed by atoms with Crippen molar-refractivity contribution >= 4 is 17.9 Å². The molecule has 0 aromatic heterocycles. The van der Waals surface area contributed by atoms with Crippen LogP contribution >= 0.6 is 11.8 Å². The third-order valence-electron chi connectivity index (χ3n) is 3.47. The molecular formula is C17H17NO2S. The molecule has 1 heterocycles. The number of alkyl carbamates (subject to hydrolysis) is 1. The Kier molecular flexibility index (Phi) is 4.46. The minimum atomic E-state index is -0.311. The summed E-state index contributed by atoms with van der Waals surface area (Å²) in [5.74, 6) is 0.764. The Labute approximate surface area is 128 Å². The first-order chi connectivity index (χ1) is 10.3. The Balaban J connectivity index is 1.61. The first-order valence-corrected chi connectivity index (χ1v) is 7.99. The summed E-state index contributed by atoms with van der Waals surface area (Å²) in [6.07, 6.45) is 0.393. The highest BCUT2D eigenvalue weighted by Gasteiger charge is 2.33.